The highest BCUT2D eigenvalue weighted by molar-refractivity contribution is 6.05. The number of ether oxygens (including phenoxy) is 1. The Morgan fingerprint density at radius 1 is 1.12 bits per heavy atom. The highest BCUT2D eigenvalue weighted by Gasteiger charge is 2.36. The van der Waals surface area contributed by atoms with Crippen molar-refractivity contribution in [1.82, 2.24) is 25.4 Å². The van der Waals surface area contributed by atoms with Crippen LogP contribution in [0.5, 0.6) is 11.5 Å². The lowest BCUT2D eigenvalue weighted by molar-refractivity contribution is 0.102. The molecule has 11 heteroatoms. The van der Waals surface area contributed by atoms with Crippen LogP contribution in [-0.4, -0.2) is 72.3 Å². The Morgan fingerprint density at radius 2 is 1.98 bits per heavy atom. The van der Waals surface area contributed by atoms with Crippen molar-refractivity contribution >= 4 is 17.3 Å². The molecule has 1 saturated heterocycles. The van der Waals surface area contributed by atoms with Crippen molar-refractivity contribution < 1.29 is 18.3 Å². The van der Waals surface area contributed by atoms with Crippen LogP contribution in [0.15, 0.2) is 65.5 Å². The van der Waals surface area contributed by atoms with E-state index >= 15 is 0 Å². The second-order valence-electron chi connectivity index (χ2n) is 10.4. The number of anilines is 2. The quantitative estimate of drug-likeness (QED) is 0.307. The average Bonchev–Trinajstić information content (AvgIpc) is 3.71. The lowest BCUT2D eigenvalue weighted by atomic mass is 10.0. The molecule has 2 aromatic carbocycles. The van der Waals surface area contributed by atoms with E-state index in [0.29, 0.717) is 17.0 Å². The lowest BCUT2D eigenvalue weighted by Gasteiger charge is -2.42. The first-order valence-corrected chi connectivity index (χ1v) is 13.7. The predicted molar refractivity (Wildman–Crippen MR) is 153 cm³/mol. The van der Waals surface area contributed by atoms with Gasteiger partial charge in [0.15, 0.2) is 17.3 Å². The predicted octanol–water partition coefficient (Wildman–Crippen LogP) is 4.53. The zero-order valence-corrected chi connectivity index (χ0v) is 23.0. The van der Waals surface area contributed by atoms with Crippen LogP contribution in [0.2, 0.25) is 0 Å². The van der Waals surface area contributed by atoms with E-state index < -0.39 is 11.7 Å². The molecule has 2 aliphatic rings. The first kappa shape index (κ1) is 26.9. The fourth-order valence-corrected chi connectivity index (χ4v) is 5.25. The Hall–Kier alpha value is -4.35. The molecule has 2 fully saturated rings. The number of hydrogen-bond donors (Lipinski definition) is 2. The number of nitrogens with zero attached hydrogens (tertiary/aromatic N) is 5. The second kappa shape index (κ2) is 11.6. The minimum absolute atomic E-state index is 0.147. The van der Waals surface area contributed by atoms with Gasteiger partial charge in [0.25, 0.3) is 5.91 Å². The lowest BCUT2D eigenvalue weighted by Crippen LogP contribution is -2.55. The first-order valence-electron chi connectivity index (χ1n) is 13.7. The van der Waals surface area contributed by atoms with E-state index in [1.807, 2.05) is 19.2 Å². The van der Waals surface area contributed by atoms with E-state index in [1.54, 1.807) is 24.3 Å². The summed E-state index contributed by atoms with van der Waals surface area (Å²) in [5.74, 6) is 0.491. The molecular formula is C30H32FN7O3. The molecular weight excluding hydrogens is 525 g/mol. The van der Waals surface area contributed by atoms with Crippen LogP contribution in [0.1, 0.15) is 34.8 Å². The van der Waals surface area contributed by atoms with Gasteiger partial charge >= 0.3 is 0 Å². The first-order chi connectivity index (χ1) is 20.0. The van der Waals surface area contributed by atoms with Gasteiger partial charge in [0.1, 0.15) is 12.0 Å². The minimum atomic E-state index is -0.423. The maximum absolute atomic E-state index is 14.6. The summed E-state index contributed by atoms with van der Waals surface area (Å²) in [6.07, 6.45) is 6.39. The molecule has 1 aliphatic carbocycles. The van der Waals surface area contributed by atoms with Crippen LogP contribution < -0.4 is 20.3 Å². The molecule has 2 aromatic heterocycles. The monoisotopic (exact) mass is 557 g/mol. The molecule has 2 N–H and O–H groups in total. The van der Waals surface area contributed by atoms with Gasteiger partial charge in [-0.1, -0.05) is 12.1 Å². The summed E-state index contributed by atoms with van der Waals surface area (Å²) in [7, 11) is 4.08. The molecule has 212 valence electrons. The molecule has 1 atom stereocenters. The number of oxazole rings is 1. The Bertz CT molecular complexity index is 1530. The summed E-state index contributed by atoms with van der Waals surface area (Å²) < 4.78 is 26.3. The molecule has 10 nitrogen and oxygen atoms in total. The highest BCUT2D eigenvalue weighted by atomic mass is 19.1. The van der Waals surface area contributed by atoms with Gasteiger partial charge in [0.2, 0.25) is 5.89 Å². The molecule has 1 amide bonds. The van der Waals surface area contributed by atoms with E-state index in [2.05, 4.69) is 42.7 Å². The molecule has 41 heavy (non-hydrogen) atoms. The van der Waals surface area contributed by atoms with Gasteiger partial charge in [0, 0.05) is 37.8 Å². The van der Waals surface area contributed by atoms with Crippen molar-refractivity contribution in [2.24, 2.45) is 0 Å². The summed E-state index contributed by atoms with van der Waals surface area (Å²) in [6.45, 7) is 3.21. The number of likely N-dealkylation sites (N-methyl/N-ethyl adjacent to an activating group) is 2. The Labute approximate surface area is 237 Å². The van der Waals surface area contributed by atoms with Crippen molar-refractivity contribution in [1.29, 1.82) is 0 Å². The van der Waals surface area contributed by atoms with Gasteiger partial charge in [-0.2, -0.15) is 10.2 Å². The topological polar surface area (TPSA) is 109 Å². The van der Waals surface area contributed by atoms with Crippen molar-refractivity contribution in [3.05, 3.63) is 78.2 Å². The van der Waals surface area contributed by atoms with Crippen LogP contribution >= 0.6 is 0 Å². The molecule has 1 saturated carbocycles. The van der Waals surface area contributed by atoms with E-state index in [9.17, 15) is 9.18 Å². The summed E-state index contributed by atoms with van der Waals surface area (Å²) in [5.41, 5.74) is 3.32. The second-order valence-corrected chi connectivity index (χ2v) is 10.4. The number of aromatic nitrogens is 3. The van der Waals surface area contributed by atoms with Crippen molar-refractivity contribution in [2.45, 2.75) is 24.8 Å². The average molecular weight is 558 g/mol. The summed E-state index contributed by atoms with van der Waals surface area (Å²) in [6, 6.07) is 12.0. The zero-order chi connectivity index (χ0) is 28.3. The number of amides is 1. The normalized spacial score (nSPS) is 17.4. The standard InChI is InChI=1S/C30H32FN7O3/c1-32-16-21-17-38(14-13-37(21)2)28-23(35-29(39)24-18-40-30(36-24)20-11-12-33-34-15-20)9-10-26(27(28)19-7-8-19)41-25-6-4-3-5-22(25)31/h3-6,9-12,15,18-19,21,32H,7-8,13-14,16-17H2,1-2H3,(H,35,39)/t21-/m0/s1. The number of piperazine rings is 1. The molecule has 3 heterocycles. The highest BCUT2D eigenvalue weighted by Crippen LogP contribution is 2.52. The summed E-state index contributed by atoms with van der Waals surface area (Å²) >= 11 is 0. The number of rotatable bonds is 9. The summed E-state index contributed by atoms with van der Waals surface area (Å²) in [4.78, 5) is 22.5. The van der Waals surface area contributed by atoms with E-state index in [0.717, 1.165) is 50.3 Å². The maximum atomic E-state index is 14.6. The fourth-order valence-electron chi connectivity index (χ4n) is 5.25. The third kappa shape index (κ3) is 5.77. The number of carbonyl (C=O) groups excluding carboxylic acids is 1. The number of hydrogen-bond acceptors (Lipinski definition) is 9. The molecule has 4 aromatic rings. The number of nitrogens with one attached hydrogen (secondary N) is 2. The molecule has 0 radical (unpaired) electrons. The van der Waals surface area contributed by atoms with Crippen LogP contribution in [0.25, 0.3) is 11.5 Å². The third-order valence-corrected chi connectivity index (χ3v) is 7.57. The van der Waals surface area contributed by atoms with E-state index in [4.69, 9.17) is 9.15 Å². The fraction of sp³-hybridized carbons (Fsp3) is 0.333. The number of carbonyl (C=O) groups is 1. The van der Waals surface area contributed by atoms with Gasteiger partial charge in [-0.3, -0.25) is 9.69 Å². The SMILES string of the molecule is CNC[C@H]1CN(c2c(NC(=O)c3coc(-c4ccnnc4)n3)ccc(Oc3ccccc3F)c2C2CC2)CCN1C. The molecule has 1 aliphatic heterocycles. The van der Waals surface area contributed by atoms with Crippen LogP contribution in [0.4, 0.5) is 15.8 Å². The Kier molecular flexibility index (Phi) is 7.62. The molecule has 0 spiro atoms. The Morgan fingerprint density at radius 3 is 2.73 bits per heavy atom. The third-order valence-electron chi connectivity index (χ3n) is 7.57. The molecule has 6 rings (SSSR count). The zero-order valence-electron chi connectivity index (χ0n) is 23.0. The number of benzene rings is 2. The van der Waals surface area contributed by atoms with Crippen LogP contribution in [0, 0.1) is 5.82 Å². The van der Waals surface area contributed by atoms with Crippen molar-refractivity contribution in [3.63, 3.8) is 0 Å². The minimum Gasteiger partial charge on any atom is -0.454 e. The van der Waals surface area contributed by atoms with Crippen LogP contribution in [-0.2, 0) is 0 Å². The largest absolute Gasteiger partial charge is 0.454 e. The van der Waals surface area contributed by atoms with Gasteiger partial charge < -0.3 is 24.7 Å². The maximum Gasteiger partial charge on any atom is 0.277 e. The van der Waals surface area contributed by atoms with Gasteiger partial charge in [-0.25, -0.2) is 9.37 Å². The summed E-state index contributed by atoms with van der Waals surface area (Å²) in [5, 5.41) is 14.0. The van der Waals surface area contributed by atoms with E-state index in [-0.39, 0.29) is 29.3 Å². The Balaban J connectivity index is 1.37. The van der Waals surface area contributed by atoms with Crippen molar-refractivity contribution in [2.75, 3.05) is 50.5 Å². The van der Waals surface area contributed by atoms with Crippen molar-refractivity contribution in [3.8, 4) is 23.0 Å². The van der Waals surface area contributed by atoms with Gasteiger partial charge in [-0.05, 0) is 63.2 Å². The number of halogens is 1. The van der Waals surface area contributed by atoms with Gasteiger partial charge in [-0.15, -0.1) is 0 Å². The molecule has 0 bridgehead atoms. The number of para-hydroxylation sites is 1. The van der Waals surface area contributed by atoms with Gasteiger partial charge in [0.05, 0.1) is 29.3 Å². The smallest absolute Gasteiger partial charge is 0.277 e. The molecule has 0 unspecified atom stereocenters. The van der Waals surface area contributed by atoms with E-state index in [1.165, 1.54) is 24.7 Å². The van der Waals surface area contributed by atoms with Crippen LogP contribution in [0.3, 0.4) is 0 Å².